The van der Waals surface area contributed by atoms with Crippen molar-refractivity contribution in [3.05, 3.63) is 35.1 Å². The lowest BCUT2D eigenvalue weighted by molar-refractivity contribution is -0.121. The molecule has 2 atom stereocenters. The normalized spacial score (nSPS) is 29.6. The summed E-state index contributed by atoms with van der Waals surface area (Å²) in [5.74, 6) is -9.84. The molecule has 0 spiro atoms. The molecule has 0 bridgehead atoms. The van der Waals surface area contributed by atoms with Gasteiger partial charge in [-0.15, -0.1) is 0 Å². The number of amidine groups is 1. The molecule has 2 aliphatic rings. The molecule has 0 amide bonds. The Labute approximate surface area is 146 Å². The maximum atomic E-state index is 14.6. The summed E-state index contributed by atoms with van der Waals surface area (Å²) in [7, 11) is 0. The van der Waals surface area contributed by atoms with Gasteiger partial charge in [0.2, 0.25) is 0 Å². The summed E-state index contributed by atoms with van der Waals surface area (Å²) in [4.78, 5) is 15.6. The predicted octanol–water partition coefficient (Wildman–Crippen LogP) is 2.83. The van der Waals surface area contributed by atoms with Crippen molar-refractivity contribution < 1.29 is 31.5 Å². The van der Waals surface area contributed by atoms with Gasteiger partial charge in [-0.2, -0.15) is 0 Å². The third kappa shape index (κ3) is 3.20. The van der Waals surface area contributed by atoms with Crippen molar-refractivity contribution in [3.8, 4) is 0 Å². The molecule has 3 rings (SSSR count). The first-order valence-electron chi connectivity index (χ1n) is 7.95. The Kier molecular flexibility index (Phi) is 4.33. The Morgan fingerprint density at radius 3 is 2.62 bits per heavy atom. The molecule has 1 saturated carbocycles. The number of hydrogen-bond donors (Lipinski definition) is 1. The SMILES string of the molecule is C[C@]1(c2cc(CC(=O)C3CC3(F)F)ccc2F)N=C(N)COCC1(F)F. The minimum atomic E-state index is -3.57. The van der Waals surface area contributed by atoms with Crippen LogP contribution in [0.1, 0.15) is 24.5 Å². The van der Waals surface area contributed by atoms with Gasteiger partial charge in [-0.3, -0.25) is 9.79 Å². The quantitative estimate of drug-likeness (QED) is 0.822. The molecule has 0 radical (unpaired) electrons. The number of halogens is 5. The van der Waals surface area contributed by atoms with Gasteiger partial charge in [0.25, 0.3) is 11.8 Å². The van der Waals surface area contributed by atoms with E-state index in [4.69, 9.17) is 10.5 Å². The average molecular weight is 376 g/mol. The van der Waals surface area contributed by atoms with Gasteiger partial charge in [-0.25, -0.2) is 22.0 Å². The second-order valence-electron chi connectivity index (χ2n) is 6.85. The van der Waals surface area contributed by atoms with Crippen molar-refractivity contribution >= 4 is 11.6 Å². The number of carbonyl (C=O) groups excluding carboxylic acids is 1. The molecule has 142 valence electrons. The first-order valence-corrected chi connectivity index (χ1v) is 7.95. The van der Waals surface area contributed by atoms with E-state index in [2.05, 4.69) is 4.99 Å². The topological polar surface area (TPSA) is 64.7 Å². The zero-order chi connectivity index (χ0) is 19.3. The highest BCUT2D eigenvalue weighted by molar-refractivity contribution is 5.87. The fourth-order valence-corrected chi connectivity index (χ4v) is 3.03. The summed E-state index contributed by atoms with van der Waals surface area (Å²) in [6, 6.07) is 3.19. The smallest absolute Gasteiger partial charge is 0.299 e. The number of alkyl halides is 4. The van der Waals surface area contributed by atoms with E-state index in [1.54, 1.807) is 0 Å². The van der Waals surface area contributed by atoms with E-state index >= 15 is 0 Å². The second kappa shape index (κ2) is 6.00. The van der Waals surface area contributed by atoms with E-state index in [0.29, 0.717) is 0 Å². The second-order valence-corrected chi connectivity index (χ2v) is 6.85. The largest absolute Gasteiger partial charge is 0.385 e. The summed E-state index contributed by atoms with van der Waals surface area (Å²) >= 11 is 0. The van der Waals surface area contributed by atoms with Crippen LogP contribution in [0.25, 0.3) is 0 Å². The molecule has 4 nitrogen and oxygen atoms in total. The van der Waals surface area contributed by atoms with E-state index in [-0.39, 0.29) is 18.0 Å². The molecule has 1 aromatic rings. The number of carbonyl (C=O) groups is 1. The molecule has 0 aromatic heterocycles. The molecule has 1 aliphatic heterocycles. The zero-order valence-electron chi connectivity index (χ0n) is 13.9. The summed E-state index contributed by atoms with van der Waals surface area (Å²) in [6.07, 6.45) is -0.918. The zero-order valence-corrected chi connectivity index (χ0v) is 13.9. The molecule has 1 unspecified atom stereocenters. The lowest BCUT2D eigenvalue weighted by Gasteiger charge is -2.33. The van der Waals surface area contributed by atoms with E-state index in [0.717, 1.165) is 19.1 Å². The van der Waals surface area contributed by atoms with Crippen LogP contribution in [0.2, 0.25) is 0 Å². The van der Waals surface area contributed by atoms with E-state index in [1.807, 2.05) is 0 Å². The van der Waals surface area contributed by atoms with Crippen LogP contribution >= 0.6 is 0 Å². The molecule has 1 aromatic carbocycles. The number of ether oxygens (including phenoxy) is 1. The molecule has 2 N–H and O–H groups in total. The Balaban J connectivity index is 1.96. The van der Waals surface area contributed by atoms with Crippen LogP contribution in [-0.4, -0.2) is 36.7 Å². The third-order valence-electron chi connectivity index (χ3n) is 4.76. The fraction of sp³-hybridized carbons (Fsp3) is 0.529. The highest BCUT2D eigenvalue weighted by Gasteiger charge is 2.60. The van der Waals surface area contributed by atoms with Gasteiger partial charge in [-0.1, -0.05) is 6.07 Å². The first-order chi connectivity index (χ1) is 12.0. The van der Waals surface area contributed by atoms with Gasteiger partial charge in [0.05, 0.1) is 5.92 Å². The highest BCUT2D eigenvalue weighted by atomic mass is 19.3. The lowest BCUT2D eigenvalue weighted by Crippen LogP contribution is -2.45. The van der Waals surface area contributed by atoms with Crippen molar-refractivity contribution in [2.24, 2.45) is 16.6 Å². The van der Waals surface area contributed by atoms with Crippen LogP contribution in [0.15, 0.2) is 23.2 Å². The first kappa shape index (κ1) is 18.8. The molecule has 9 heteroatoms. The highest BCUT2D eigenvalue weighted by Crippen LogP contribution is 2.49. The van der Waals surface area contributed by atoms with Crippen molar-refractivity contribution in [1.82, 2.24) is 0 Å². The van der Waals surface area contributed by atoms with Gasteiger partial charge in [0.15, 0.2) is 5.54 Å². The Morgan fingerprint density at radius 1 is 1.35 bits per heavy atom. The van der Waals surface area contributed by atoms with Crippen molar-refractivity contribution in [2.45, 2.75) is 37.1 Å². The third-order valence-corrected chi connectivity index (χ3v) is 4.76. The monoisotopic (exact) mass is 376 g/mol. The molecule has 1 heterocycles. The summed E-state index contributed by atoms with van der Waals surface area (Å²) in [5, 5.41) is 0. The van der Waals surface area contributed by atoms with E-state index in [9.17, 15) is 26.7 Å². The number of aliphatic imine (C=N–C) groups is 1. The number of nitrogens with two attached hydrogens (primary N) is 1. The molecular weight excluding hydrogens is 359 g/mol. The number of ketones is 1. The van der Waals surface area contributed by atoms with Crippen molar-refractivity contribution in [1.29, 1.82) is 0 Å². The maximum Gasteiger partial charge on any atom is 0.299 e. The Bertz CT molecular complexity index is 780. The minimum absolute atomic E-state index is 0.157. The van der Waals surface area contributed by atoms with Crippen LogP contribution in [0, 0.1) is 11.7 Å². The standard InChI is InChI=1S/C17H17F5N2O2/c1-15(17(21,22)8-26-7-14(23)24-15)10-4-9(2-3-12(10)18)5-13(25)11-6-16(11,19)20/h2-4,11H,5-8H2,1H3,(H2,23,24)/t11?,15-/m1/s1. The summed E-state index contributed by atoms with van der Waals surface area (Å²) in [6.45, 7) is -0.306. The van der Waals surface area contributed by atoms with Crippen LogP contribution < -0.4 is 5.73 Å². The average Bonchev–Trinajstić information content (AvgIpc) is 3.18. The van der Waals surface area contributed by atoms with Gasteiger partial charge in [0, 0.05) is 18.4 Å². The summed E-state index contributed by atoms with van der Waals surface area (Å²) in [5.41, 5.74) is 2.89. The summed E-state index contributed by atoms with van der Waals surface area (Å²) < 4.78 is 74.3. The number of Topliss-reactive ketones (excluding diaryl/α,β-unsaturated/α-hetero) is 1. The minimum Gasteiger partial charge on any atom is -0.385 e. The van der Waals surface area contributed by atoms with Crippen molar-refractivity contribution in [2.75, 3.05) is 13.2 Å². The molecule has 1 fully saturated rings. The van der Waals surface area contributed by atoms with E-state index < -0.39 is 59.9 Å². The van der Waals surface area contributed by atoms with Gasteiger partial charge < -0.3 is 10.5 Å². The number of nitrogens with zero attached hydrogens (tertiary/aromatic N) is 1. The van der Waals surface area contributed by atoms with Crippen LogP contribution in [-0.2, 0) is 21.5 Å². The molecule has 1 aliphatic carbocycles. The molecule has 0 saturated heterocycles. The predicted molar refractivity (Wildman–Crippen MR) is 82.9 cm³/mol. The Morgan fingerprint density at radius 2 is 2.00 bits per heavy atom. The lowest BCUT2D eigenvalue weighted by atomic mass is 9.84. The van der Waals surface area contributed by atoms with Gasteiger partial charge in [0.1, 0.15) is 30.6 Å². The maximum absolute atomic E-state index is 14.6. The Hall–Kier alpha value is -2.03. The molecule has 26 heavy (non-hydrogen) atoms. The number of rotatable bonds is 4. The van der Waals surface area contributed by atoms with Crippen molar-refractivity contribution in [3.63, 3.8) is 0 Å². The number of hydrogen-bond acceptors (Lipinski definition) is 4. The van der Waals surface area contributed by atoms with Crippen LogP contribution in [0.3, 0.4) is 0 Å². The van der Waals surface area contributed by atoms with Crippen LogP contribution in [0.4, 0.5) is 22.0 Å². The van der Waals surface area contributed by atoms with E-state index in [1.165, 1.54) is 6.07 Å². The molecular formula is C17H17F5N2O2. The van der Waals surface area contributed by atoms with Crippen LogP contribution in [0.5, 0.6) is 0 Å². The fourth-order valence-electron chi connectivity index (χ4n) is 3.03. The van der Waals surface area contributed by atoms with Gasteiger partial charge >= 0.3 is 0 Å². The van der Waals surface area contributed by atoms with Gasteiger partial charge in [-0.05, 0) is 24.6 Å². The number of benzene rings is 1.